The molecule has 0 bridgehead atoms. The van der Waals surface area contributed by atoms with Gasteiger partial charge in [0.05, 0.1) is 19.3 Å². The van der Waals surface area contributed by atoms with Crippen LogP contribution in [-0.2, 0) is 4.74 Å². The molecule has 0 radical (unpaired) electrons. The predicted molar refractivity (Wildman–Crippen MR) is 79.5 cm³/mol. The molecule has 2 aliphatic rings. The fourth-order valence-corrected chi connectivity index (χ4v) is 3.45. The van der Waals surface area contributed by atoms with Gasteiger partial charge in [-0.1, -0.05) is 34.8 Å². The van der Waals surface area contributed by atoms with Crippen molar-refractivity contribution in [2.45, 2.75) is 44.6 Å². The first-order valence-electron chi connectivity index (χ1n) is 7.37. The molecule has 1 aliphatic carbocycles. The quantitative estimate of drug-likeness (QED) is 0.789. The first-order chi connectivity index (χ1) is 9.33. The third-order valence-corrected chi connectivity index (χ3v) is 4.69. The van der Waals surface area contributed by atoms with Gasteiger partial charge < -0.3 is 9.47 Å². The minimum atomic E-state index is 0.214. The molecule has 1 fully saturated rings. The zero-order chi connectivity index (χ0) is 13.1. The SMILES string of the molecule is Brc1ccc2c(c1)OCCCC2OCC1CCCC1. The molecule has 1 aromatic rings. The van der Waals surface area contributed by atoms with Crippen LogP contribution in [-0.4, -0.2) is 13.2 Å². The van der Waals surface area contributed by atoms with Gasteiger partial charge in [0.1, 0.15) is 5.75 Å². The molecule has 0 aromatic heterocycles. The molecule has 1 unspecified atom stereocenters. The average molecular weight is 325 g/mol. The molecule has 0 saturated heterocycles. The van der Waals surface area contributed by atoms with E-state index in [-0.39, 0.29) is 6.10 Å². The number of halogens is 1. The summed E-state index contributed by atoms with van der Waals surface area (Å²) in [5, 5.41) is 0. The van der Waals surface area contributed by atoms with Crippen molar-refractivity contribution in [1.82, 2.24) is 0 Å². The lowest BCUT2D eigenvalue weighted by Crippen LogP contribution is -2.11. The molecule has 104 valence electrons. The van der Waals surface area contributed by atoms with Crippen LogP contribution in [0.3, 0.4) is 0 Å². The standard InChI is InChI=1S/C16H21BrO2/c17-13-7-8-14-15(6-3-9-18-16(14)10-13)19-11-12-4-1-2-5-12/h7-8,10,12,15H,1-6,9,11H2. The molecule has 3 rings (SSSR count). The van der Waals surface area contributed by atoms with E-state index in [4.69, 9.17) is 9.47 Å². The first kappa shape index (κ1) is 13.4. The highest BCUT2D eigenvalue weighted by atomic mass is 79.9. The van der Waals surface area contributed by atoms with E-state index >= 15 is 0 Å². The Labute approximate surface area is 123 Å². The Balaban J connectivity index is 1.70. The zero-order valence-electron chi connectivity index (χ0n) is 11.2. The minimum Gasteiger partial charge on any atom is -0.493 e. The van der Waals surface area contributed by atoms with Crippen LogP contribution in [0.2, 0.25) is 0 Å². The van der Waals surface area contributed by atoms with Gasteiger partial charge in [-0.15, -0.1) is 0 Å². The van der Waals surface area contributed by atoms with Gasteiger partial charge in [-0.05, 0) is 43.7 Å². The smallest absolute Gasteiger partial charge is 0.126 e. The van der Waals surface area contributed by atoms with E-state index in [0.717, 1.165) is 42.2 Å². The Morgan fingerprint density at radius 1 is 1.16 bits per heavy atom. The van der Waals surface area contributed by atoms with Crippen LogP contribution in [0, 0.1) is 5.92 Å². The number of benzene rings is 1. The van der Waals surface area contributed by atoms with Crippen molar-refractivity contribution in [3.63, 3.8) is 0 Å². The lowest BCUT2D eigenvalue weighted by atomic mass is 10.0. The summed E-state index contributed by atoms with van der Waals surface area (Å²) in [4.78, 5) is 0. The lowest BCUT2D eigenvalue weighted by Gasteiger charge is -2.20. The molecule has 1 atom stereocenters. The van der Waals surface area contributed by atoms with Crippen LogP contribution in [0.25, 0.3) is 0 Å². The van der Waals surface area contributed by atoms with Gasteiger partial charge in [-0.3, -0.25) is 0 Å². The molecule has 0 amide bonds. The lowest BCUT2D eigenvalue weighted by molar-refractivity contribution is 0.0245. The highest BCUT2D eigenvalue weighted by Gasteiger charge is 2.23. The van der Waals surface area contributed by atoms with Crippen molar-refractivity contribution < 1.29 is 9.47 Å². The van der Waals surface area contributed by atoms with E-state index < -0.39 is 0 Å². The van der Waals surface area contributed by atoms with Crippen molar-refractivity contribution in [2.75, 3.05) is 13.2 Å². The summed E-state index contributed by atoms with van der Waals surface area (Å²) in [7, 11) is 0. The molecule has 1 aromatic carbocycles. The van der Waals surface area contributed by atoms with Gasteiger partial charge in [0.2, 0.25) is 0 Å². The van der Waals surface area contributed by atoms with E-state index in [1.165, 1.54) is 31.2 Å². The first-order valence-corrected chi connectivity index (χ1v) is 8.16. The molecule has 19 heavy (non-hydrogen) atoms. The normalized spacial score (nSPS) is 23.7. The second-order valence-electron chi connectivity index (χ2n) is 5.65. The molecular formula is C16H21BrO2. The van der Waals surface area contributed by atoms with Crippen LogP contribution >= 0.6 is 15.9 Å². The van der Waals surface area contributed by atoms with E-state index in [9.17, 15) is 0 Å². The second kappa shape index (κ2) is 6.27. The van der Waals surface area contributed by atoms with Crippen LogP contribution in [0.15, 0.2) is 22.7 Å². The van der Waals surface area contributed by atoms with Crippen molar-refractivity contribution in [3.8, 4) is 5.75 Å². The van der Waals surface area contributed by atoms with Crippen molar-refractivity contribution in [3.05, 3.63) is 28.2 Å². The van der Waals surface area contributed by atoms with Crippen LogP contribution < -0.4 is 4.74 Å². The highest BCUT2D eigenvalue weighted by Crippen LogP contribution is 2.37. The van der Waals surface area contributed by atoms with Crippen molar-refractivity contribution in [1.29, 1.82) is 0 Å². The Bertz CT molecular complexity index is 427. The summed E-state index contributed by atoms with van der Waals surface area (Å²) in [5.74, 6) is 1.77. The Hall–Kier alpha value is -0.540. The molecule has 1 aliphatic heterocycles. The summed E-state index contributed by atoms with van der Waals surface area (Å²) >= 11 is 3.51. The number of hydrogen-bond acceptors (Lipinski definition) is 2. The fourth-order valence-electron chi connectivity index (χ4n) is 3.11. The second-order valence-corrected chi connectivity index (χ2v) is 6.56. The number of hydrogen-bond donors (Lipinski definition) is 0. The van der Waals surface area contributed by atoms with Gasteiger partial charge in [0, 0.05) is 10.0 Å². The molecule has 1 saturated carbocycles. The predicted octanol–water partition coefficient (Wildman–Crippen LogP) is 4.87. The van der Waals surface area contributed by atoms with Crippen molar-refractivity contribution >= 4 is 15.9 Å². The maximum atomic E-state index is 6.22. The van der Waals surface area contributed by atoms with Crippen LogP contribution in [0.4, 0.5) is 0 Å². The van der Waals surface area contributed by atoms with Gasteiger partial charge in [-0.25, -0.2) is 0 Å². The summed E-state index contributed by atoms with van der Waals surface area (Å²) in [6, 6.07) is 6.29. The maximum Gasteiger partial charge on any atom is 0.126 e. The number of ether oxygens (including phenoxy) is 2. The number of fused-ring (bicyclic) bond motifs is 1. The van der Waals surface area contributed by atoms with Crippen LogP contribution in [0.1, 0.15) is 50.2 Å². The van der Waals surface area contributed by atoms with E-state index in [1.54, 1.807) is 0 Å². The van der Waals surface area contributed by atoms with Crippen molar-refractivity contribution in [2.24, 2.45) is 5.92 Å². The van der Waals surface area contributed by atoms with Gasteiger partial charge in [0.15, 0.2) is 0 Å². The number of rotatable bonds is 3. The summed E-state index contributed by atoms with van der Waals surface area (Å²) in [6.45, 7) is 1.72. The van der Waals surface area contributed by atoms with E-state index in [1.807, 2.05) is 0 Å². The third-order valence-electron chi connectivity index (χ3n) is 4.20. The van der Waals surface area contributed by atoms with Gasteiger partial charge >= 0.3 is 0 Å². The zero-order valence-corrected chi connectivity index (χ0v) is 12.8. The van der Waals surface area contributed by atoms with Gasteiger partial charge in [-0.2, -0.15) is 0 Å². The Kier molecular flexibility index (Phi) is 4.44. The third kappa shape index (κ3) is 3.32. The fraction of sp³-hybridized carbons (Fsp3) is 0.625. The van der Waals surface area contributed by atoms with E-state index in [2.05, 4.69) is 34.1 Å². The van der Waals surface area contributed by atoms with E-state index in [0.29, 0.717) is 0 Å². The minimum absolute atomic E-state index is 0.214. The largest absolute Gasteiger partial charge is 0.493 e. The summed E-state index contributed by atoms with van der Waals surface area (Å²) < 4.78 is 13.1. The van der Waals surface area contributed by atoms with Gasteiger partial charge in [0.25, 0.3) is 0 Å². The Morgan fingerprint density at radius 3 is 2.84 bits per heavy atom. The Morgan fingerprint density at radius 2 is 2.00 bits per heavy atom. The van der Waals surface area contributed by atoms with Crippen LogP contribution in [0.5, 0.6) is 5.75 Å². The highest BCUT2D eigenvalue weighted by molar-refractivity contribution is 9.10. The molecule has 0 spiro atoms. The molecule has 1 heterocycles. The molecular weight excluding hydrogens is 304 g/mol. The monoisotopic (exact) mass is 324 g/mol. The molecule has 0 N–H and O–H groups in total. The summed E-state index contributed by atoms with van der Waals surface area (Å²) in [5.41, 5.74) is 1.22. The summed E-state index contributed by atoms with van der Waals surface area (Å²) in [6.07, 6.45) is 7.80. The molecule has 2 nitrogen and oxygen atoms in total. The maximum absolute atomic E-state index is 6.22. The topological polar surface area (TPSA) is 18.5 Å². The average Bonchev–Trinajstić information content (AvgIpc) is 2.84. The molecule has 3 heteroatoms.